The number of aliphatic hydroxyl groups excluding tert-OH is 1. The molecule has 0 aliphatic rings. The van der Waals surface area contributed by atoms with Crippen LogP contribution in [0.4, 0.5) is 0 Å². The summed E-state index contributed by atoms with van der Waals surface area (Å²) in [6.07, 6.45) is 0. The van der Waals surface area contributed by atoms with Crippen molar-refractivity contribution in [2.45, 2.75) is 6.04 Å². The molecule has 0 bridgehead atoms. The molecule has 0 saturated carbocycles. The highest BCUT2D eigenvalue weighted by atomic mass is 16.5. The summed E-state index contributed by atoms with van der Waals surface area (Å²) in [6, 6.07) is 15.4. The van der Waals surface area contributed by atoms with E-state index in [1.807, 2.05) is 48.5 Å². The van der Waals surface area contributed by atoms with Crippen molar-refractivity contribution in [2.75, 3.05) is 13.7 Å². The number of rotatable bonds is 4. The Morgan fingerprint density at radius 3 is 2.44 bits per heavy atom. The van der Waals surface area contributed by atoms with E-state index < -0.39 is 0 Å². The minimum Gasteiger partial charge on any atom is -0.497 e. The number of benzene rings is 2. The lowest BCUT2D eigenvalue weighted by Gasteiger charge is -2.11. The Morgan fingerprint density at radius 1 is 1.11 bits per heavy atom. The lowest BCUT2D eigenvalue weighted by atomic mass is 10.00. The van der Waals surface area contributed by atoms with E-state index in [-0.39, 0.29) is 12.6 Å². The zero-order chi connectivity index (χ0) is 13.0. The Hall–Kier alpha value is -1.84. The molecule has 3 nitrogen and oxygen atoms in total. The number of ether oxygens (including phenoxy) is 1. The van der Waals surface area contributed by atoms with Gasteiger partial charge in [-0.1, -0.05) is 30.3 Å². The molecule has 0 spiro atoms. The van der Waals surface area contributed by atoms with Crippen molar-refractivity contribution in [3.05, 3.63) is 54.1 Å². The van der Waals surface area contributed by atoms with Crippen molar-refractivity contribution in [1.29, 1.82) is 0 Å². The van der Waals surface area contributed by atoms with Gasteiger partial charge >= 0.3 is 0 Å². The van der Waals surface area contributed by atoms with Crippen LogP contribution in [0.1, 0.15) is 11.6 Å². The Bertz CT molecular complexity index is 525. The zero-order valence-corrected chi connectivity index (χ0v) is 10.3. The number of aliphatic hydroxyl groups is 1. The molecule has 2 rings (SSSR count). The van der Waals surface area contributed by atoms with Crippen LogP contribution in [0, 0.1) is 0 Å². The van der Waals surface area contributed by atoms with E-state index in [9.17, 15) is 0 Å². The molecule has 0 aromatic heterocycles. The van der Waals surface area contributed by atoms with Gasteiger partial charge in [0.05, 0.1) is 19.8 Å². The first-order valence-corrected chi connectivity index (χ1v) is 5.85. The molecular formula is C15H17NO2. The highest BCUT2D eigenvalue weighted by Gasteiger charge is 2.06. The summed E-state index contributed by atoms with van der Waals surface area (Å²) in [5.74, 6) is 0.823. The van der Waals surface area contributed by atoms with Crippen LogP contribution in [-0.2, 0) is 0 Å². The van der Waals surface area contributed by atoms with E-state index in [1.165, 1.54) is 0 Å². The van der Waals surface area contributed by atoms with Gasteiger partial charge in [-0.2, -0.15) is 0 Å². The van der Waals surface area contributed by atoms with Gasteiger partial charge in [0.1, 0.15) is 5.75 Å². The fourth-order valence-corrected chi connectivity index (χ4v) is 1.86. The van der Waals surface area contributed by atoms with E-state index >= 15 is 0 Å². The highest BCUT2D eigenvalue weighted by molar-refractivity contribution is 5.65. The summed E-state index contributed by atoms with van der Waals surface area (Å²) in [5.41, 5.74) is 8.89. The van der Waals surface area contributed by atoms with E-state index in [0.29, 0.717) is 0 Å². The van der Waals surface area contributed by atoms with Crippen molar-refractivity contribution in [3.63, 3.8) is 0 Å². The van der Waals surface area contributed by atoms with Crippen LogP contribution in [-0.4, -0.2) is 18.8 Å². The molecule has 2 aromatic carbocycles. The number of hydrogen-bond donors (Lipinski definition) is 2. The second-order valence-corrected chi connectivity index (χ2v) is 4.15. The standard InChI is InChI=1S/C15H17NO2/c1-18-14-7-3-5-12(9-14)11-4-2-6-13(8-11)15(16)10-17/h2-9,15,17H,10,16H2,1H3/t15-/m1/s1. The predicted octanol–water partition coefficient (Wildman–Crippen LogP) is 2.35. The van der Waals surface area contributed by atoms with Crippen LogP contribution in [0.2, 0.25) is 0 Å². The van der Waals surface area contributed by atoms with E-state index in [0.717, 1.165) is 22.4 Å². The number of methoxy groups -OCH3 is 1. The summed E-state index contributed by atoms with van der Waals surface area (Å²) in [5, 5.41) is 9.09. The van der Waals surface area contributed by atoms with Crippen molar-refractivity contribution in [2.24, 2.45) is 5.73 Å². The van der Waals surface area contributed by atoms with Gasteiger partial charge in [0.15, 0.2) is 0 Å². The normalized spacial score (nSPS) is 12.2. The van der Waals surface area contributed by atoms with Gasteiger partial charge in [0.2, 0.25) is 0 Å². The lowest BCUT2D eigenvalue weighted by molar-refractivity contribution is 0.268. The molecule has 2 aromatic rings. The molecule has 0 aliphatic heterocycles. The van der Waals surface area contributed by atoms with Crippen molar-refractivity contribution < 1.29 is 9.84 Å². The molecule has 94 valence electrons. The fourth-order valence-electron chi connectivity index (χ4n) is 1.86. The Balaban J connectivity index is 2.38. The minimum atomic E-state index is -0.337. The predicted molar refractivity (Wildman–Crippen MR) is 72.4 cm³/mol. The Kier molecular flexibility index (Phi) is 3.97. The average Bonchev–Trinajstić information content (AvgIpc) is 2.46. The Labute approximate surface area is 107 Å². The van der Waals surface area contributed by atoms with Crippen LogP contribution >= 0.6 is 0 Å². The molecule has 0 aliphatic carbocycles. The number of nitrogens with two attached hydrogens (primary N) is 1. The second-order valence-electron chi connectivity index (χ2n) is 4.15. The first-order valence-electron chi connectivity index (χ1n) is 5.85. The van der Waals surface area contributed by atoms with Gasteiger partial charge in [-0.25, -0.2) is 0 Å². The van der Waals surface area contributed by atoms with Crippen LogP contribution in [0.25, 0.3) is 11.1 Å². The van der Waals surface area contributed by atoms with Gasteiger partial charge in [0, 0.05) is 0 Å². The molecule has 0 heterocycles. The van der Waals surface area contributed by atoms with Gasteiger partial charge in [-0.3, -0.25) is 0 Å². The van der Waals surface area contributed by atoms with Gasteiger partial charge in [-0.05, 0) is 34.9 Å². The topological polar surface area (TPSA) is 55.5 Å². The largest absolute Gasteiger partial charge is 0.497 e. The van der Waals surface area contributed by atoms with Crippen molar-refractivity contribution in [3.8, 4) is 16.9 Å². The summed E-state index contributed by atoms with van der Waals surface area (Å²) in [6.45, 7) is -0.0540. The molecular weight excluding hydrogens is 226 g/mol. The van der Waals surface area contributed by atoms with Gasteiger partial charge in [-0.15, -0.1) is 0 Å². The van der Waals surface area contributed by atoms with E-state index in [2.05, 4.69) is 0 Å². The summed E-state index contributed by atoms with van der Waals surface area (Å²) in [4.78, 5) is 0. The molecule has 18 heavy (non-hydrogen) atoms. The molecule has 3 N–H and O–H groups in total. The summed E-state index contributed by atoms with van der Waals surface area (Å²) >= 11 is 0. The maximum atomic E-state index is 9.09. The molecule has 0 amide bonds. The maximum absolute atomic E-state index is 9.09. The zero-order valence-electron chi connectivity index (χ0n) is 10.3. The van der Waals surface area contributed by atoms with Crippen molar-refractivity contribution in [1.82, 2.24) is 0 Å². The minimum absolute atomic E-state index is 0.0540. The molecule has 0 radical (unpaired) electrons. The monoisotopic (exact) mass is 243 g/mol. The van der Waals surface area contributed by atoms with Gasteiger partial charge in [0.25, 0.3) is 0 Å². The quantitative estimate of drug-likeness (QED) is 0.866. The maximum Gasteiger partial charge on any atom is 0.119 e. The van der Waals surface area contributed by atoms with E-state index in [1.54, 1.807) is 7.11 Å². The number of hydrogen-bond acceptors (Lipinski definition) is 3. The third-order valence-electron chi connectivity index (χ3n) is 2.91. The first kappa shape index (κ1) is 12.6. The fraction of sp³-hybridized carbons (Fsp3) is 0.200. The third kappa shape index (κ3) is 2.70. The first-order chi connectivity index (χ1) is 8.74. The van der Waals surface area contributed by atoms with Crippen LogP contribution in [0.3, 0.4) is 0 Å². The van der Waals surface area contributed by atoms with Gasteiger partial charge < -0.3 is 15.6 Å². The van der Waals surface area contributed by atoms with E-state index in [4.69, 9.17) is 15.6 Å². The SMILES string of the molecule is COc1cccc(-c2cccc([C@H](N)CO)c2)c1. The van der Waals surface area contributed by atoms with Crippen molar-refractivity contribution >= 4 is 0 Å². The molecule has 0 saturated heterocycles. The summed E-state index contributed by atoms with van der Waals surface area (Å²) < 4.78 is 5.21. The molecule has 3 heteroatoms. The summed E-state index contributed by atoms with van der Waals surface area (Å²) in [7, 11) is 1.65. The molecule has 0 unspecified atom stereocenters. The average molecular weight is 243 g/mol. The van der Waals surface area contributed by atoms with Crippen LogP contribution in [0.5, 0.6) is 5.75 Å². The van der Waals surface area contributed by atoms with Crippen LogP contribution < -0.4 is 10.5 Å². The lowest BCUT2D eigenvalue weighted by Crippen LogP contribution is -2.14. The third-order valence-corrected chi connectivity index (χ3v) is 2.91. The highest BCUT2D eigenvalue weighted by Crippen LogP contribution is 2.25. The smallest absolute Gasteiger partial charge is 0.119 e. The molecule has 0 fully saturated rings. The molecule has 1 atom stereocenters. The second kappa shape index (κ2) is 5.67. The Morgan fingerprint density at radius 2 is 1.78 bits per heavy atom. The van der Waals surface area contributed by atoms with Crippen LogP contribution in [0.15, 0.2) is 48.5 Å².